The first-order valence-corrected chi connectivity index (χ1v) is 7.24. The first-order chi connectivity index (χ1) is 11.0. The summed E-state index contributed by atoms with van der Waals surface area (Å²) < 4.78 is 5.00. The second kappa shape index (κ2) is 6.13. The van der Waals surface area contributed by atoms with E-state index in [1.807, 2.05) is 25.1 Å². The Kier molecular flexibility index (Phi) is 4.03. The number of halogens is 1. The summed E-state index contributed by atoms with van der Waals surface area (Å²) in [5, 5.41) is 10.6. The van der Waals surface area contributed by atoms with Gasteiger partial charge in [-0.15, -0.1) is 0 Å². The van der Waals surface area contributed by atoms with Crippen LogP contribution in [0.1, 0.15) is 11.3 Å². The number of nitrogens with one attached hydrogen (secondary N) is 2. The Morgan fingerprint density at radius 1 is 1.09 bits per heavy atom. The van der Waals surface area contributed by atoms with Crippen molar-refractivity contribution in [2.75, 3.05) is 16.4 Å². The molecule has 2 aromatic heterocycles. The molecular weight excluding hydrogens is 316 g/mol. The Bertz CT molecular complexity index is 848. The van der Waals surface area contributed by atoms with E-state index in [2.05, 4.69) is 25.8 Å². The third-order valence-electron chi connectivity index (χ3n) is 3.21. The molecule has 0 fully saturated rings. The fourth-order valence-corrected chi connectivity index (χ4v) is 2.17. The third-order valence-corrected chi connectivity index (χ3v) is 3.45. The number of anilines is 5. The number of hydrogen-bond donors (Lipinski definition) is 3. The van der Waals surface area contributed by atoms with Crippen LogP contribution in [-0.4, -0.2) is 15.1 Å². The molecule has 0 bridgehead atoms. The van der Waals surface area contributed by atoms with Crippen LogP contribution in [-0.2, 0) is 0 Å². The first kappa shape index (κ1) is 15.1. The lowest BCUT2D eigenvalue weighted by atomic mass is 10.2. The van der Waals surface area contributed by atoms with E-state index in [0.29, 0.717) is 33.9 Å². The molecule has 0 atom stereocenters. The summed E-state index contributed by atoms with van der Waals surface area (Å²) in [6.07, 6.45) is 1.41. The van der Waals surface area contributed by atoms with E-state index in [4.69, 9.17) is 21.9 Å². The molecule has 8 heteroatoms. The van der Waals surface area contributed by atoms with Crippen LogP contribution in [0.3, 0.4) is 0 Å². The van der Waals surface area contributed by atoms with Gasteiger partial charge in [-0.2, -0.15) is 0 Å². The zero-order valence-corrected chi connectivity index (χ0v) is 13.3. The average molecular weight is 331 g/mol. The topological polar surface area (TPSA) is 102 Å². The average Bonchev–Trinajstić information content (AvgIpc) is 2.92. The van der Waals surface area contributed by atoms with E-state index in [1.54, 1.807) is 13.0 Å². The van der Waals surface area contributed by atoms with E-state index in [1.165, 1.54) is 6.33 Å². The number of aromatic nitrogens is 3. The molecule has 3 aromatic rings. The molecule has 4 N–H and O–H groups in total. The van der Waals surface area contributed by atoms with Gasteiger partial charge in [-0.1, -0.05) is 22.8 Å². The predicted molar refractivity (Wildman–Crippen MR) is 90.4 cm³/mol. The lowest BCUT2D eigenvalue weighted by Crippen LogP contribution is -2.05. The molecule has 0 saturated carbocycles. The molecule has 2 heterocycles. The van der Waals surface area contributed by atoms with Crippen molar-refractivity contribution in [2.24, 2.45) is 0 Å². The van der Waals surface area contributed by atoms with Gasteiger partial charge in [0, 0.05) is 16.8 Å². The fraction of sp³-hybridized carbons (Fsp3) is 0.133. The van der Waals surface area contributed by atoms with Gasteiger partial charge < -0.3 is 20.9 Å². The molecule has 1 aromatic carbocycles. The van der Waals surface area contributed by atoms with Gasteiger partial charge in [0.25, 0.3) is 0 Å². The number of nitrogens with two attached hydrogens (primary N) is 1. The van der Waals surface area contributed by atoms with Crippen LogP contribution >= 0.6 is 11.6 Å². The molecule has 0 radical (unpaired) electrons. The minimum Gasteiger partial charge on any atom is -0.393 e. The van der Waals surface area contributed by atoms with E-state index < -0.39 is 0 Å². The summed E-state index contributed by atoms with van der Waals surface area (Å²) in [7, 11) is 0. The van der Waals surface area contributed by atoms with Gasteiger partial charge in [-0.25, -0.2) is 9.97 Å². The highest BCUT2D eigenvalue weighted by Crippen LogP contribution is 2.30. The van der Waals surface area contributed by atoms with Crippen LogP contribution in [0.2, 0.25) is 5.02 Å². The van der Waals surface area contributed by atoms with Gasteiger partial charge in [-0.05, 0) is 31.5 Å². The molecule has 0 amide bonds. The van der Waals surface area contributed by atoms with E-state index >= 15 is 0 Å². The SMILES string of the molecule is Cc1cc(Nc2ncnc(Nc3cc(Cl)ccc3C)c2N)no1. The molecule has 118 valence electrons. The number of aryl methyl sites for hydroxylation is 2. The van der Waals surface area contributed by atoms with Gasteiger partial charge in [0.2, 0.25) is 0 Å². The summed E-state index contributed by atoms with van der Waals surface area (Å²) in [6, 6.07) is 7.30. The van der Waals surface area contributed by atoms with Crippen LogP contribution in [0, 0.1) is 13.8 Å². The van der Waals surface area contributed by atoms with Crippen LogP contribution in [0.5, 0.6) is 0 Å². The second-order valence-electron chi connectivity index (χ2n) is 5.02. The van der Waals surface area contributed by atoms with Gasteiger partial charge in [0.05, 0.1) is 0 Å². The van der Waals surface area contributed by atoms with Crippen molar-refractivity contribution in [3.05, 3.63) is 46.9 Å². The number of hydrogen-bond acceptors (Lipinski definition) is 7. The second-order valence-corrected chi connectivity index (χ2v) is 5.45. The van der Waals surface area contributed by atoms with Crippen LogP contribution in [0.4, 0.5) is 28.8 Å². The maximum atomic E-state index is 6.13. The van der Waals surface area contributed by atoms with Crippen molar-refractivity contribution in [2.45, 2.75) is 13.8 Å². The Morgan fingerprint density at radius 3 is 2.52 bits per heavy atom. The molecule has 3 rings (SSSR count). The highest BCUT2D eigenvalue weighted by molar-refractivity contribution is 6.30. The van der Waals surface area contributed by atoms with E-state index in [-0.39, 0.29) is 0 Å². The number of rotatable bonds is 4. The van der Waals surface area contributed by atoms with E-state index in [9.17, 15) is 0 Å². The fourth-order valence-electron chi connectivity index (χ4n) is 2.00. The molecule has 23 heavy (non-hydrogen) atoms. The maximum absolute atomic E-state index is 6.13. The molecule has 0 spiro atoms. The molecule has 0 aliphatic rings. The minimum absolute atomic E-state index is 0.368. The molecular formula is C15H15ClN6O. The minimum atomic E-state index is 0.368. The van der Waals surface area contributed by atoms with Gasteiger partial charge in [-0.3, -0.25) is 0 Å². The van der Waals surface area contributed by atoms with Gasteiger partial charge in [0.1, 0.15) is 17.8 Å². The Morgan fingerprint density at radius 2 is 1.83 bits per heavy atom. The third kappa shape index (κ3) is 3.35. The van der Waals surface area contributed by atoms with Crippen molar-refractivity contribution in [3.8, 4) is 0 Å². The van der Waals surface area contributed by atoms with Crippen molar-refractivity contribution < 1.29 is 4.52 Å². The lowest BCUT2D eigenvalue weighted by molar-refractivity contribution is 0.400. The number of nitrogen functional groups attached to an aromatic ring is 1. The van der Waals surface area contributed by atoms with Crippen molar-refractivity contribution >= 4 is 40.4 Å². The summed E-state index contributed by atoms with van der Waals surface area (Å²) >= 11 is 6.03. The number of nitrogens with zero attached hydrogens (tertiary/aromatic N) is 3. The quantitative estimate of drug-likeness (QED) is 0.668. The van der Waals surface area contributed by atoms with Crippen LogP contribution in [0.15, 0.2) is 35.1 Å². The monoisotopic (exact) mass is 330 g/mol. The smallest absolute Gasteiger partial charge is 0.175 e. The molecule has 0 aliphatic heterocycles. The molecule has 0 saturated heterocycles. The Hall–Kier alpha value is -2.80. The maximum Gasteiger partial charge on any atom is 0.175 e. The van der Waals surface area contributed by atoms with Gasteiger partial charge >= 0.3 is 0 Å². The summed E-state index contributed by atoms with van der Waals surface area (Å²) in [5.41, 5.74) is 8.35. The van der Waals surface area contributed by atoms with Crippen molar-refractivity contribution in [3.63, 3.8) is 0 Å². The zero-order valence-electron chi connectivity index (χ0n) is 12.6. The summed E-state index contributed by atoms with van der Waals surface area (Å²) in [4.78, 5) is 8.31. The number of benzene rings is 1. The first-order valence-electron chi connectivity index (χ1n) is 6.87. The highest BCUT2D eigenvalue weighted by Gasteiger charge is 2.11. The summed E-state index contributed by atoms with van der Waals surface area (Å²) in [6.45, 7) is 3.77. The Labute approximate surface area is 137 Å². The Balaban J connectivity index is 1.88. The summed E-state index contributed by atoms with van der Waals surface area (Å²) in [5.74, 6) is 2.13. The van der Waals surface area contributed by atoms with Crippen LogP contribution in [0.25, 0.3) is 0 Å². The van der Waals surface area contributed by atoms with Crippen molar-refractivity contribution in [1.29, 1.82) is 0 Å². The van der Waals surface area contributed by atoms with E-state index in [0.717, 1.165) is 11.3 Å². The van der Waals surface area contributed by atoms with Crippen LogP contribution < -0.4 is 16.4 Å². The molecule has 0 unspecified atom stereocenters. The highest BCUT2D eigenvalue weighted by atomic mass is 35.5. The van der Waals surface area contributed by atoms with Gasteiger partial charge in [0.15, 0.2) is 17.5 Å². The molecule has 7 nitrogen and oxygen atoms in total. The standard InChI is InChI=1S/C15H15ClN6O/c1-8-3-4-10(16)6-11(8)20-14-13(17)15(19-7-18-14)21-12-5-9(2)23-22-12/h3-7H,17H2,1-2H3,(H2,18,19,20,21,22). The zero-order chi connectivity index (χ0) is 16.4. The normalized spacial score (nSPS) is 10.6. The lowest BCUT2D eigenvalue weighted by Gasteiger charge is -2.13. The molecule has 0 aliphatic carbocycles. The predicted octanol–water partition coefficient (Wildman–Crippen LogP) is 3.80. The largest absolute Gasteiger partial charge is 0.393 e. The van der Waals surface area contributed by atoms with Crippen molar-refractivity contribution in [1.82, 2.24) is 15.1 Å².